The van der Waals surface area contributed by atoms with Crippen molar-refractivity contribution in [2.75, 3.05) is 5.73 Å². The van der Waals surface area contributed by atoms with Crippen LogP contribution in [0.4, 0.5) is 5.13 Å². The second-order valence-corrected chi connectivity index (χ2v) is 6.07. The molecule has 3 aromatic rings. The Kier molecular flexibility index (Phi) is 3.50. The number of rotatable bonds is 2. The molecule has 0 aliphatic carbocycles. The van der Waals surface area contributed by atoms with Gasteiger partial charge in [0, 0.05) is 11.6 Å². The van der Waals surface area contributed by atoms with Gasteiger partial charge >= 0.3 is 5.97 Å². The van der Waals surface area contributed by atoms with E-state index in [0.29, 0.717) is 26.6 Å². The van der Waals surface area contributed by atoms with Crippen LogP contribution in [-0.4, -0.2) is 22.0 Å². The highest BCUT2D eigenvalue weighted by Crippen LogP contribution is 2.27. The molecular formula is C15H13N3O3S. The van der Waals surface area contributed by atoms with Gasteiger partial charge in [-0.15, -0.1) is 0 Å². The van der Waals surface area contributed by atoms with Crippen LogP contribution < -0.4 is 11.3 Å². The van der Waals surface area contributed by atoms with E-state index in [1.54, 1.807) is 32.0 Å². The van der Waals surface area contributed by atoms with Crippen molar-refractivity contribution < 1.29 is 9.53 Å². The van der Waals surface area contributed by atoms with Crippen LogP contribution in [-0.2, 0) is 4.74 Å². The third-order valence-electron chi connectivity index (χ3n) is 3.05. The van der Waals surface area contributed by atoms with Gasteiger partial charge in [-0.1, -0.05) is 11.3 Å². The number of esters is 1. The Morgan fingerprint density at radius 3 is 2.82 bits per heavy atom. The van der Waals surface area contributed by atoms with E-state index in [1.807, 2.05) is 0 Å². The number of nitrogens with zero attached hydrogens (tertiary/aromatic N) is 2. The first-order valence-electron chi connectivity index (χ1n) is 6.66. The summed E-state index contributed by atoms with van der Waals surface area (Å²) in [5, 5.41) is 1.26. The predicted octanol–water partition coefficient (Wildman–Crippen LogP) is 2.35. The lowest BCUT2D eigenvalue weighted by atomic mass is 10.1. The van der Waals surface area contributed by atoms with Crippen molar-refractivity contribution >= 4 is 43.4 Å². The highest BCUT2D eigenvalue weighted by molar-refractivity contribution is 7.22. The van der Waals surface area contributed by atoms with E-state index in [2.05, 4.69) is 9.97 Å². The number of aromatic nitrogens is 2. The van der Waals surface area contributed by atoms with Crippen LogP contribution in [0.5, 0.6) is 0 Å². The average Bonchev–Trinajstić information content (AvgIpc) is 2.45. The van der Waals surface area contributed by atoms with E-state index in [4.69, 9.17) is 10.5 Å². The van der Waals surface area contributed by atoms with Crippen molar-refractivity contribution in [2.24, 2.45) is 0 Å². The fourth-order valence-corrected chi connectivity index (χ4v) is 2.99. The lowest BCUT2D eigenvalue weighted by Crippen LogP contribution is -2.11. The number of ether oxygens (including phenoxy) is 1. The third kappa shape index (κ3) is 2.50. The van der Waals surface area contributed by atoms with Crippen molar-refractivity contribution in [3.8, 4) is 0 Å². The fourth-order valence-electron chi connectivity index (χ4n) is 2.13. The summed E-state index contributed by atoms with van der Waals surface area (Å²) in [6.45, 7) is 3.57. The summed E-state index contributed by atoms with van der Waals surface area (Å²) < 4.78 is 5.86. The lowest BCUT2D eigenvalue weighted by Gasteiger charge is -2.09. The Bertz CT molecular complexity index is 950. The first-order valence-corrected chi connectivity index (χ1v) is 7.47. The van der Waals surface area contributed by atoms with Crippen LogP contribution in [0.2, 0.25) is 0 Å². The summed E-state index contributed by atoms with van der Waals surface area (Å²) >= 11 is 1.19. The van der Waals surface area contributed by atoms with Crippen molar-refractivity contribution in [2.45, 2.75) is 20.0 Å². The molecule has 3 rings (SSSR count). The number of hydrogen-bond donors (Lipinski definition) is 1. The van der Waals surface area contributed by atoms with Gasteiger partial charge < -0.3 is 10.5 Å². The second kappa shape index (κ2) is 5.34. The van der Waals surface area contributed by atoms with Gasteiger partial charge in [0.2, 0.25) is 0 Å². The molecule has 1 aromatic carbocycles. The number of nitrogen functional groups attached to an aromatic ring is 1. The first kappa shape index (κ1) is 14.4. The maximum Gasteiger partial charge on any atom is 0.338 e. The highest BCUT2D eigenvalue weighted by atomic mass is 32.1. The number of carbonyl (C=O) groups excluding carboxylic acids is 1. The van der Waals surface area contributed by atoms with Gasteiger partial charge in [-0.25, -0.2) is 4.79 Å². The van der Waals surface area contributed by atoms with Gasteiger partial charge in [0.05, 0.1) is 27.3 Å². The van der Waals surface area contributed by atoms with Gasteiger partial charge in [-0.05, 0) is 32.0 Å². The molecule has 6 nitrogen and oxygen atoms in total. The first-order chi connectivity index (χ1) is 10.5. The second-order valence-electron chi connectivity index (χ2n) is 5.04. The standard InChI is InChI=1S/C15H13N3O3S/c1-7(2)21-14(20)8-3-4-11-9(5-8)12-10(6-17-11)13(19)18-15(16)22-12/h3-7H,1-2H3,(H2,16,18,19). The summed E-state index contributed by atoms with van der Waals surface area (Å²) in [7, 11) is 0. The zero-order valence-electron chi connectivity index (χ0n) is 12.0. The number of anilines is 1. The van der Waals surface area contributed by atoms with Crippen molar-refractivity contribution in [1.82, 2.24) is 9.97 Å². The van der Waals surface area contributed by atoms with Crippen molar-refractivity contribution in [3.63, 3.8) is 0 Å². The molecule has 112 valence electrons. The van der Waals surface area contributed by atoms with Gasteiger partial charge in [-0.2, -0.15) is 4.98 Å². The summed E-state index contributed by atoms with van der Waals surface area (Å²) in [6, 6.07) is 5.05. The average molecular weight is 315 g/mol. The van der Waals surface area contributed by atoms with Crippen LogP contribution in [0.3, 0.4) is 0 Å². The molecule has 2 heterocycles. The summed E-state index contributed by atoms with van der Waals surface area (Å²) in [6.07, 6.45) is 1.28. The van der Waals surface area contributed by atoms with E-state index >= 15 is 0 Å². The molecular weight excluding hydrogens is 302 g/mol. The number of carbonyl (C=O) groups is 1. The zero-order chi connectivity index (χ0) is 15.9. The molecule has 0 aliphatic rings. The zero-order valence-corrected chi connectivity index (χ0v) is 12.8. The van der Waals surface area contributed by atoms with Crippen LogP contribution in [0, 0.1) is 0 Å². The van der Waals surface area contributed by atoms with Gasteiger partial charge in [-0.3, -0.25) is 9.78 Å². The Labute approximate surface area is 129 Å². The summed E-state index contributed by atoms with van der Waals surface area (Å²) in [5.74, 6) is -0.414. The number of nitrogens with two attached hydrogens (primary N) is 1. The van der Waals surface area contributed by atoms with Gasteiger partial charge in [0.1, 0.15) is 0 Å². The molecule has 0 saturated heterocycles. The van der Waals surface area contributed by atoms with E-state index in [1.165, 1.54) is 17.5 Å². The van der Waals surface area contributed by atoms with E-state index in [-0.39, 0.29) is 11.2 Å². The third-order valence-corrected chi connectivity index (χ3v) is 3.99. The minimum atomic E-state index is -0.421. The number of fused-ring (bicyclic) bond motifs is 3. The maximum absolute atomic E-state index is 12.0. The highest BCUT2D eigenvalue weighted by Gasteiger charge is 2.13. The molecule has 0 spiro atoms. The molecule has 0 radical (unpaired) electrons. The summed E-state index contributed by atoms with van der Waals surface area (Å²) in [4.78, 5) is 31.9. The fraction of sp³-hybridized carbons (Fsp3) is 0.200. The van der Waals surface area contributed by atoms with Gasteiger partial charge in [0.25, 0.3) is 5.56 Å². The quantitative estimate of drug-likeness (QED) is 0.576. The molecule has 0 fully saturated rings. The smallest absolute Gasteiger partial charge is 0.338 e. The Morgan fingerprint density at radius 2 is 2.09 bits per heavy atom. The molecule has 22 heavy (non-hydrogen) atoms. The normalized spacial score (nSPS) is 11.2. The molecule has 2 N–H and O–H groups in total. The van der Waals surface area contributed by atoms with E-state index < -0.39 is 11.5 Å². The van der Waals surface area contributed by atoms with Gasteiger partial charge in [0.15, 0.2) is 5.13 Å². The molecule has 2 aromatic heterocycles. The molecule has 0 saturated carbocycles. The molecule has 7 heteroatoms. The maximum atomic E-state index is 12.0. The van der Waals surface area contributed by atoms with Crippen LogP contribution in [0.25, 0.3) is 21.0 Å². The molecule has 0 unspecified atom stereocenters. The van der Waals surface area contributed by atoms with Crippen LogP contribution in [0.1, 0.15) is 24.2 Å². The van der Waals surface area contributed by atoms with E-state index in [0.717, 1.165) is 0 Å². The van der Waals surface area contributed by atoms with Crippen LogP contribution in [0.15, 0.2) is 29.2 Å². The van der Waals surface area contributed by atoms with E-state index in [9.17, 15) is 9.59 Å². The molecule has 0 aliphatic heterocycles. The number of pyridine rings is 1. The summed E-state index contributed by atoms with van der Waals surface area (Å²) in [5.41, 5.74) is 6.34. The molecule has 0 amide bonds. The van der Waals surface area contributed by atoms with Crippen molar-refractivity contribution in [1.29, 1.82) is 0 Å². The Balaban J connectivity index is 2.27. The van der Waals surface area contributed by atoms with Crippen molar-refractivity contribution in [3.05, 3.63) is 40.3 Å². The van der Waals surface area contributed by atoms with Crippen LogP contribution >= 0.6 is 11.3 Å². The largest absolute Gasteiger partial charge is 0.459 e. The Hall–Kier alpha value is -2.54. The number of hydrogen-bond acceptors (Lipinski definition) is 7. The Morgan fingerprint density at radius 1 is 1.32 bits per heavy atom. The monoisotopic (exact) mass is 315 g/mol. The molecule has 0 bridgehead atoms. The topological polar surface area (TPSA) is 95.2 Å². The SMILES string of the molecule is CC(C)OC(=O)c1ccc2ncc3c(=O)nc(N)sc3c2c1. The minimum Gasteiger partial charge on any atom is -0.459 e. The minimum absolute atomic E-state index is 0.181. The lowest BCUT2D eigenvalue weighted by molar-refractivity contribution is 0.0378. The molecule has 0 atom stereocenters. The number of benzene rings is 1. The predicted molar refractivity (Wildman–Crippen MR) is 86.2 cm³/mol.